The molecule has 0 atom stereocenters. The third-order valence-corrected chi connectivity index (χ3v) is 2.07. The molecule has 0 bridgehead atoms. The normalized spacial score (nSPS) is 18.0. The van der Waals surface area contributed by atoms with Crippen molar-refractivity contribution < 1.29 is 9.63 Å². The fourth-order valence-electron chi connectivity index (χ4n) is 1.36. The first kappa shape index (κ1) is 9.96. The van der Waals surface area contributed by atoms with Crippen LogP contribution in [0, 0.1) is 0 Å². The van der Waals surface area contributed by atoms with Gasteiger partial charge in [-0.05, 0) is 38.2 Å². The molecular formula is C10H15NO2. The van der Waals surface area contributed by atoms with Crippen LogP contribution < -0.4 is 0 Å². The molecule has 1 aliphatic carbocycles. The van der Waals surface area contributed by atoms with E-state index < -0.39 is 0 Å². The van der Waals surface area contributed by atoms with Crippen molar-refractivity contribution in [3.05, 3.63) is 11.6 Å². The van der Waals surface area contributed by atoms with Crippen LogP contribution in [0.5, 0.6) is 0 Å². The molecule has 0 aromatic heterocycles. The van der Waals surface area contributed by atoms with Crippen molar-refractivity contribution in [2.24, 2.45) is 5.16 Å². The van der Waals surface area contributed by atoms with E-state index in [-0.39, 0.29) is 5.97 Å². The quantitative estimate of drug-likeness (QED) is 0.373. The molecule has 0 aromatic carbocycles. The number of carbonyl (C=O) groups is 1. The summed E-state index contributed by atoms with van der Waals surface area (Å²) < 4.78 is 0. The van der Waals surface area contributed by atoms with E-state index in [1.165, 1.54) is 25.3 Å². The van der Waals surface area contributed by atoms with Gasteiger partial charge in [-0.15, -0.1) is 0 Å². The third kappa shape index (κ3) is 3.40. The number of nitrogens with zero attached hydrogens (tertiary/aromatic N) is 1. The minimum atomic E-state index is -0.365. The first-order valence-electron chi connectivity index (χ1n) is 4.61. The van der Waals surface area contributed by atoms with Crippen LogP contribution in [0.1, 0.15) is 39.5 Å². The minimum Gasteiger partial charge on any atom is -0.318 e. The first-order chi connectivity index (χ1) is 6.20. The zero-order valence-electron chi connectivity index (χ0n) is 8.17. The Hall–Kier alpha value is -1.12. The van der Waals surface area contributed by atoms with E-state index in [0.29, 0.717) is 0 Å². The fourth-order valence-corrected chi connectivity index (χ4v) is 1.36. The maximum Gasteiger partial charge on any atom is 0.331 e. The van der Waals surface area contributed by atoms with Gasteiger partial charge in [-0.25, -0.2) is 4.79 Å². The highest BCUT2D eigenvalue weighted by molar-refractivity contribution is 5.98. The monoisotopic (exact) mass is 181 g/mol. The Morgan fingerprint density at radius 2 is 2.23 bits per heavy atom. The van der Waals surface area contributed by atoms with Crippen LogP contribution in [-0.4, -0.2) is 11.7 Å². The van der Waals surface area contributed by atoms with E-state index in [2.05, 4.69) is 16.1 Å². The van der Waals surface area contributed by atoms with Gasteiger partial charge in [-0.1, -0.05) is 11.2 Å². The average molecular weight is 181 g/mol. The summed E-state index contributed by atoms with van der Waals surface area (Å²) in [5.41, 5.74) is 2.04. The summed E-state index contributed by atoms with van der Waals surface area (Å²) in [5, 5.41) is 3.75. The SMILES string of the molecule is CC(=O)O/N=C(/C)C1=CCCCC1. The van der Waals surface area contributed by atoms with Crippen molar-refractivity contribution in [3.63, 3.8) is 0 Å². The van der Waals surface area contributed by atoms with Crippen LogP contribution in [0.4, 0.5) is 0 Å². The second kappa shape index (κ2) is 4.80. The lowest BCUT2D eigenvalue weighted by atomic mass is 9.97. The van der Waals surface area contributed by atoms with Gasteiger partial charge in [0.1, 0.15) is 0 Å². The van der Waals surface area contributed by atoms with E-state index in [1.54, 1.807) is 0 Å². The lowest BCUT2D eigenvalue weighted by Gasteiger charge is -2.10. The molecule has 0 saturated carbocycles. The van der Waals surface area contributed by atoms with Crippen LogP contribution in [0.3, 0.4) is 0 Å². The van der Waals surface area contributed by atoms with Crippen molar-refractivity contribution >= 4 is 11.7 Å². The Morgan fingerprint density at radius 3 is 2.77 bits per heavy atom. The standard InChI is InChI=1S/C10H15NO2/c1-8(11-13-9(2)12)10-6-4-3-5-7-10/h6H,3-5,7H2,1-2H3/b11-8-. The van der Waals surface area contributed by atoms with Crippen LogP contribution in [0.2, 0.25) is 0 Å². The van der Waals surface area contributed by atoms with Crippen LogP contribution in [0.25, 0.3) is 0 Å². The molecule has 1 rings (SSSR count). The van der Waals surface area contributed by atoms with Gasteiger partial charge in [0.2, 0.25) is 0 Å². The number of hydrogen-bond donors (Lipinski definition) is 0. The van der Waals surface area contributed by atoms with E-state index >= 15 is 0 Å². The van der Waals surface area contributed by atoms with Gasteiger partial charge in [0.15, 0.2) is 0 Å². The Morgan fingerprint density at radius 1 is 1.46 bits per heavy atom. The molecule has 0 saturated heterocycles. The number of rotatable bonds is 2. The summed E-state index contributed by atoms with van der Waals surface area (Å²) in [6, 6.07) is 0. The van der Waals surface area contributed by atoms with Crippen molar-refractivity contribution in [2.45, 2.75) is 39.5 Å². The molecule has 0 aromatic rings. The number of oxime groups is 1. The molecule has 0 aliphatic heterocycles. The first-order valence-corrected chi connectivity index (χ1v) is 4.61. The van der Waals surface area contributed by atoms with Crippen LogP contribution in [0.15, 0.2) is 16.8 Å². The summed E-state index contributed by atoms with van der Waals surface area (Å²) in [6.45, 7) is 3.23. The van der Waals surface area contributed by atoms with Gasteiger partial charge < -0.3 is 4.84 Å². The van der Waals surface area contributed by atoms with E-state index in [0.717, 1.165) is 18.6 Å². The molecule has 72 valence electrons. The summed E-state index contributed by atoms with van der Waals surface area (Å²) in [6.07, 6.45) is 6.80. The molecule has 0 N–H and O–H groups in total. The lowest BCUT2D eigenvalue weighted by Crippen LogP contribution is -2.04. The molecule has 0 amide bonds. The molecule has 13 heavy (non-hydrogen) atoms. The third-order valence-electron chi connectivity index (χ3n) is 2.07. The highest BCUT2D eigenvalue weighted by atomic mass is 16.7. The van der Waals surface area contributed by atoms with Crippen molar-refractivity contribution in [1.82, 2.24) is 0 Å². The largest absolute Gasteiger partial charge is 0.331 e. The van der Waals surface area contributed by atoms with E-state index in [9.17, 15) is 4.79 Å². The molecule has 0 radical (unpaired) electrons. The zero-order chi connectivity index (χ0) is 9.68. The lowest BCUT2D eigenvalue weighted by molar-refractivity contribution is -0.140. The van der Waals surface area contributed by atoms with Crippen molar-refractivity contribution in [1.29, 1.82) is 0 Å². The van der Waals surface area contributed by atoms with Gasteiger partial charge in [-0.2, -0.15) is 0 Å². The Bertz CT molecular complexity index is 254. The number of carbonyl (C=O) groups excluding carboxylic acids is 1. The second-order valence-corrected chi connectivity index (χ2v) is 3.23. The Kier molecular flexibility index (Phi) is 3.68. The van der Waals surface area contributed by atoms with E-state index in [1.807, 2.05) is 6.92 Å². The summed E-state index contributed by atoms with van der Waals surface area (Å²) in [7, 11) is 0. The maximum atomic E-state index is 10.5. The number of hydrogen-bond acceptors (Lipinski definition) is 3. The molecule has 1 aliphatic rings. The predicted molar refractivity (Wildman–Crippen MR) is 51.4 cm³/mol. The molecule has 0 fully saturated rings. The second-order valence-electron chi connectivity index (χ2n) is 3.23. The Labute approximate surface area is 78.5 Å². The van der Waals surface area contributed by atoms with Gasteiger partial charge in [0.25, 0.3) is 0 Å². The summed E-state index contributed by atoms with van der Waals surface area (Å²) >= 11 is 0. The van der Waals surface area contributed by atoms with Gasteiger partial charge in [0.05, 0.1) is 5.71 Å². The number of allylic oxidation sites excluding steroid dienone is 2. The van der Waals surface area contributed by atoms with Gasteiger partial charge >= 0.3 is 5.97 Å². The topological polar surface area (TPSA) is 38.7 Å². The highest BCUT2D eigenvalue weighted by Crippen LogP contribution is 2.18. The van der Waals surface area contributed by atoms with Gasteiger partial charge in [0, 0.05) is 6.92 Å². The predicted octanol–water partition coefficient (Wildman–Crippen LogP) is 2.43. The molecule has 0 heterocycles. The van der Waals surface area contributed by atoms with E-state index in [4.69, 9.17) is 0 Å². The summed E-state index contributed by atoms with van der Waals surface area (Å²) in [4.78, 5) is 15.0. The van der Waals surface area contributed by atoms with Crippen molar-refractivity contribution in [2.75, 3.05) is 0 Å². The van der Waals surface area contributed by atoms with Crippen molar-refractivity contribution in [3.8, 4) is 0 Å². The highest BCUT2D eigenvalue weighted by Gasteiger charge is 2.06. The molecular weight excluding hydrogens is 166 g/mol. The smallest absolute Gasteiger partial charge is 0.318 e. The molecule has 0 unspecified atom stereocenters. The fraction of sp³-hybridized carbons (Fsp3) is 0.600. The van der Waals surface area contributed by atoms with Gasteiger partial charge in [-0.3, -0.25) is 0 Å². The Balaban J connectivity index is 2.54. The van der Waals surface area contributed by atoms with Crippen LogP contribution >= 0.6 is 0 Å². The molecule has 3 heteroatoms. The maximum absolute atomic E-state index is 10.5. The molecule has 3 nitrogen and oxygen atoms in total. The minimum absolute atomic E-state index is 0.365. The average Bonchev–Trinajstić information content (AvgIpc) is 2.15. The molecule has 0 spiro atoms. The summed E-state index contributed by atoms with van der Waals surface area (Å²) in [5.74, 6) is -0.365. The van der Waals surface area contributed by atoms with Crippen LogP contribution in [-0.2, 0) is 9.63 Å². The zero-order valence-corrected chi connectivity index (χ0v) is 8.17.